The van der Waals surface area contributed by atoms with Crippen molar-refractivity contribution in [2.24, 2.45) is 5.92 Å². The molecule has 110 valence electrons. The molecule has 0 spiro atoms. The Morgan fingerprint density at radius 3 is 2.45 bits per heavy atom. The summed E-state index contributed by atoms with van der Waals surface area (Å²) in [7, 11) is 1.57. The molecule has 20 heavy (non-hydrogen) atoms. The van der Waals surface area contributed by atoms with Gasteiger partial charge in [0.05, 0.1) is 12.7 Å². The van der Waals surface area contributed by atoms with Crippen LogP contribution in [0.4, 0.5) is 0 Å². The maximum absolute atomic E-state index is 12.7. The Bertz CT molecular complexity index is 511. The van der Waals surface area contributed by atoms with Gasteiger partial charge in [-0.05, 0) is 62.6 Å². The summed E-state index contributed by atoms with van der Waals surface area (Å²) in [5, 5.41) is 10.7. The van der Waals surface area contributed by atoms with E-state index in [9.17, 15) is 9.90 Å². The van der Waals surface area contributed by atoms with Crippen molar-refractivity contribution in [3.63, 3.8) is 0 Å². The van der Waals surface area contributed by atoms with Gasteiger partial charge in [0.15, 0.2) is 5.78 Å². The van der Waals surface area contributed by atoms with Crippen molar-refractivity contribution >= 4 is 5.78 Å². The minimum atomic E-state index is -1.22. The monoisotopic (exact) mass is 276 g/mol. The summed E-state index contributed by atoms with van der Waals surface area (Å²) in [5.41, 5.74) is 1.34. The fourth-order valence-corrected chi connectivity index (χ4v) is 2.95. The van der Waals surface area contributed by atoms with Crippen LogP contribution in [-0.4, -0.2) is 23.6 Å². The first-order chi connectivity index (χ1) is 9.39. The summed E-state index contributed by atoms with van der Waals surface area (Å²) >= 11 is 0. The number of aryl methyl sites for hydroxylation is 1. The number of ether oxygens (including phenoxy) is 1. The predicted octanol–water partition coefficient (Wildman–Crippen LogP) is 3.44. The van der Waals surface area contributed by atoms with Crippen LogP contribution in [0.3, 0.4) is 0 Å². The van der Waals surface area contributed by atoms with Crippen molar-refractivity contribution in [2.45, 2.75) is 52.1 Å². The van der Waals surface area contributed by atoms with Crippen LogP contribution >= 0.6 is 0 Å². The van der Waals surface area contributed by atoms with Crippen molar-refractivity contribution in [1.82, 2.24) is 0 Å². The molecule has 0 heterocycles. The summed E-state index contributed by atoms with van der Waals surface area (Å²) in [6.07, 6.45) is 2.89. The third-order valence-corrected chi connectivity index (χ3v) is 4.65. The van der Waals surface area contributed by atoms with E-state index in [0.717, 1.165) is 24.0 Å². The van der Waals surface area contributed by atoms with Gasteiger partial charge in [-0.15, -0.1) is 0 Å². The second-order valence-corrected chi connectivity index (χ2v) is 6.13. The summed E-state index contributed by atoms with van der Waals surface area (Å²) in [4.78, 5) is 12.7. The minimum absolute atomic E-state index is 0.190. The van der Waals surface area contributed by atoms with E-state index in [-0.39, 0.29) is 5.78 Å². The highest BCUT2D eigenvalue weighted by atomic mass is 16.5. The summed E-state index contributed by atoms with van der Waals surface area (Å²) in [5.74, 6) is 0.996. The Morgan fingerprint density at radius 2 is 1.90 bits per heavy atom. The fraction of sp³-hybridized carbons (Fsp3) is 0.588. The highest BCUT2D eigenvalue weighted by Crippen LogP contribution is 2.37. The van der Waals surface area contributed by atoms with E-state index < -0.39 is 5.60 Å². The van der Waals surface area contributed by atoms with Crippen LogP contribution in [-0.2, 0) is 0 Å². The van der Waals surface area contributed by atoms with Gasteiger partial charge in [0.2, 0.25) is 0 Å². The number of ketones is 1. The third-order valence-electron chi connectivity index (χ3n) is 4.65. The molecular weight excluding hydrogens is 252 g/mol. The number of carbonyl (C=O) groups is 1. The Morgan fingerprint density at radius 1 is 1.30 bits per heavy atom. The van der Waals surface area contributed by atoms with E-state index in [0.29, 0.717) is 30.1 Å². The van der Waals surface area contributed by atoms with Crippen molar-refractivity contribution in [3.05, 3.63) is 28.8 Å². The van der Waals surface area contributed by atoms with Crippen LogP contribution in [0.5, 0.6) is 5.75 Å². The molecule has 2 rings (SSSR count). The van der Waals surface area contributed by atoms with Gasteiger partial charge < -0.3 is 9.84 Å². The van der Waals surface area contributed by atoms with E-state index in [2.05, 4.69) is 6.92 Å². The van der Waals surface area contributed by atoms with Gasteiger partial charge in [0.25, 0.3) is 0 Å². The molecule has 3 nitrogen and oxygen atoms in total. The van der Waals surface area contributed by atoms with Crippen LogP contribution in [0.2, 0.25) is 0 Å². The zero-order chi connectivity index (χ0) is 14.9. The lowest BCUT2D eigenvalue weighted by atomic mass is 9.75. The highest BCUT2D eigenvalue weighted by molar-refractivity contribution is 6.05. The topological polar surface area (TPSA) is 46.5 Å². The molecule has 0 atom stereocenters. The molecule has 1 aromatic rings. The normalized spacial score (nSPS) is 26.4. The Kier molecular flexibility index (Phi) is 4.19. The molecule has 0 aliphatic heterocycles. The SMILES string of the molecule is COc1c(C(=O)C2(O)CCC(C)CC2)ccc(C)c1C. The van der Waals surface area contributed by atoms with Crippen molar-refractivity contribution in [2.75, 3.05) is 7.11 Å². The van der Waals surface area contributed by atoms with E-state index in [4.69, 9.17) is 4.74 Å². The van der Waals surface area contributed by atoms with Crippen LogP contribution in [0, 0.1) is 19.8 Å². The Hall–Kier alpha value is -1.35. The van der Waals surface area contributed by atoms with E-state index in [1.807, 2.05) is 19.9 Å². The summed E-state index contributed by atoms with van der Waals surface area (Å²) in [6, 6.07) is 3.69. The maximum atomic E-state index is 12.7. The van der Waals surface area contributed by atoms with E-state index >= 15 is 0 Å². The van der Waals surface area contributed by atoms with Crippen molar-refractivity contribution < 1.29 is 14.6 Å². The van der Waals surface area contributed by atoms with E-state index in [1.165, 1.54) is 0 Å². The van der Waals surface area contributed by atoms with Crippen LogP contribution in [0.15, 0.2) is 12.1 Å². The molecule has 3 heteroatoms. The molecule has 1 aliphatic carbocycles. The molecular formula is C17H24O3. The molecule has 0 radical (unpaired) electrons. The highest BCUT2D eigenvalue weighted by Gasteiger charge is 2.40. The Balaban J connectivity index is 2.36. The van der Waals surface area contributed by atoms with Gasteiger partial charge in [-0.3, -0.25) is 4.79 Å². The lowest BCUT2D eigenvalue weighted by Gasteiger charge is -2.34. The number of hydrogen-bond acceptors (Lipinski definition) is 3. The molecule has 0 bridgehead atoms. The maximum Gasteiger partial charge on any atom is 0.198 e. The molecule has 1 aliphatic rings. The zero-order valence-electron chi connectivity index (χ0n) is 12.8. The second-order valence-electron chi connectivity index (χ2n) is 6.13. The van der Waals surface area contributed by atoms with Crippen LogP contribution < -0.4 is 4.74 Å². The van der Waals surface area contributed by atoms with Crippen LogP contribution in [0.1, 0.15) is 54.1 Å². The first kappa shape index (κ1) is 15.0. The number of benzene rings is 1. The first-order valence-corrected chi connectivity index (χ1v) is 7.30. The number of methoxy groups -OCH3 is 1. The molecule has 0 amide bonds. The second kappa shape index (κ2) is 5.57. The quantitative estimate of drug-likeness (QED) is 0.860. The van der Waals surface area contributed by atoms with E-state index in [1.54, 1.807) is 13.2 Å². The number of carbonyl (C=O) groups excluding carboxylic acids is 1. The smallest absolute Gasteiger partial charge is 0.198 e. The predicted molar refractivity (Wildman–Crippen MR) is 79.4 cm³/mol. The average molecular weight is 276 g/mol. The summed E-state index contributed by atoms with van der Waals surface area (Å²) < 4.78 is 5.40. The largest absolute Gasteiger partial charge is 0.496 e. The van der Waals surface area contributed by atoms with Crippen LogP contribution in [0.25, 0.3) is 0 Å². The van der Waals surface area contributed by atoms with Crippen molar-refractivity contribution in [1.29, 1.82) is 0 Å². The van der Waals surface area contributed by atoms with Gasteiger partial charge in [-0.1, -0.05) is 13.0 Å². The fourth-order valence-electron chi connectivity index (χ4n) is 2.95. The molecule has 0 saturated heterocycles. The third kappa shape index (κ3) is 2.59. The molecule has 1 saturated carbocycles. The summed E-state index contributed by atoms with van der Waals surface area (Å²) in [6.45, 7) is 6.10. The lowest BCUT2D eigenvalue weighted by molar-refractivity contribution is 0.00404. The van der Waals surface area contributed by atoms with Gasteiger partial charge >= 0.3 is 0 Å². The lowest BCUT2D eigenvalue weighted by Crippen LogP contribution is -2.42. The number of rotatable bonds is 3. The van der Waals surface area contributed by atoms with Gasteiger partial charge in [-0.25, -0.2) is 0 Å². The molecule has 0 unspecified atom stereocenters. The van der Waals surface area contributed by atoms with Gasteiger partial charge in [0.1, 0.15) is 11.4 Å². The minimum Gasteiger partial charge on any atom is -0.496 e. The average Bonchev–Trinajstić information content (AvgIpc) is 2.44. The zero-order valence-corrected chi connectivity index (χ0v) is 12.8. The molecule has 1 N–H and O–H groups in total. The number of Topliss-reactive ketones (excluding diaryl/α,β-unsaturated/α-hetero) is 1. The van der Waals surface area contributed by atoms with Gasteiger partial charge in [-0.2, -0.15) is 0 Å². The molecule has 1 fully saturated rings. The Labute approximate surface area is 121 Å². The van der Waals surface area contributed by atoms with Gasteiger partial charge in [0, 0.05) is 0 Å². The number of hydrogen-bond donors (Lipinski definition) is 1. The standard InChI is InChI=1S/C17H24O3/c1-11-7-9-17(19,10-8-11)16(18)14-6-5-12(2)13(3)15(14)20-4/h5-6,11,19H,7-10H2,1-4H3. The molecule has 0 aromatic heterocycles. The molecule has 1 aromatic carbocycles. The first-order valence-electron chi connectivity index (χ1n) is 7.30. The van der Waals surface area contributed by atoms with Crippen molar-refractivity contribution in [3.8, 4) is 5.75 Å². The number of aliphatic hydroxyl groups is 1.